The smallest absolute Gasteiger partial charge is 0.330 e. The van der Waals surface area contributed by atoms with Crippen molar-refractivity contribution >= 4 is 23.0 Å². The van der Waals surface area contributed by atoms with Gasteiger partial charge in [0.1, 0.15) is 18.7 Å². The van der Waals surface area contributed by atoms with Gasteiger partial charge < -0.3 is 19.7 Å². The third-order valence-corrected chi connectivity index (χ3v) is 7.43. The highest BCUT2D eigenvalue weighted by Gasteiger charge is 2.27. The molecule has 10 nitrogen and oxygen atoms in total. The number of anilines is 1. The Hall–Kier alpha value is -3.56. The standard InChI is InChI=1S/C25H30N6O4/c1-29-19-15-26-24(28-22(19)31(25(29)33)18-4-2-3-5-18)27-17-8-10-30(11-9-17)23(32)16-6-7-20-21(14-16)35-13-12-34-20/h6-7,14-15,17-18H,2-5,8-13H2,1H3,(H,26,27,28). The second-order valence-corrected chi connectivity index (χ2v) is 9.62. The molecule has 2 fully saturated rings. The van der Waals surface area contributed by atoms with Crippen LogP contribution in [0, 0.1) is 0 Å². The van der Waals surface area contributed by atoms with Crippen molar-refractivity contribution < 1.29 is 14.3 Å². The van der Waals surface area contributed by atoms with Crippen molar-refractivity contribution in [3.05, 3.63) is 40.4 Å². The number of piperidine rings is 1. The van der Waals surface area contributed by atoms with Gasteiger partial charge in [-0.25, -0.2) is 9.78 Å². The number of amides is 1. The van der Waals surface area contributed by atoms with Gasteiger partial charge in [-0.2, -0.15) is 4.98 Å². The van der Waals surface area contributed by atoms with E-state index in [4.69, 9.17) is 14.5 Å². The Balaban J connectivity index is 1.13. The van der Waals surface area contributed by atoms with E-state index < -0.39 is 0 Å². The third kappa shape index (κ3) is 4.00. The summed E-state index contributed by atoms with van der Waals surface area (Å²) in [5, 5.41) is 3.44. The SMILES string of the molecule is Cn1c(=O)n(C2CCCC2)c2nc(NC3CCN(C(=O)c4ccc5c(c4)OCCO5)CC3)ncc21. The van der Waals surface area contributed by atoms with Crippen LogP contribution in [0.15, 0.2) is 29.2 Å². The minimum Gasteiger partial charge on any atom is -0.486 e. The van der Waals surface area contributed by atoms with Gasteiger partial charge >= 0.3 is 5.69 Å². The van der Waals surface area contributed by atoms with Crippen LogP contribution in [0.3, 0.4) is 0 Å². The van der Waals surface area contributed by atoms with E-state index in [0.29, 0.717) is 55.0 Å². The molecule has 1 amide bonds. The maximum atomic E-state index is 13.0. The quantitative estimate of drug-likeness (QED) is 0.615. The average molecular weight is 479 g/mol. The molecule has 0 unspecified atom stereocenters. The summed E-state index contributed by atoms with van der Waals surface area (Å²) >= 11 is 0. The van der Waals surface area contributed by atoms with Crippen molar-refractivity contribution in [2.24, 2.45) is 7.05 Å². The Labute approximate surface area is 202 Å². The summed E-state index contributed by atoms with van der Waals surface area (Å²) in [6.45, 7) is 2.31. The molecule has 1 saturated carbocycles. The van der Waals surface area contributed by atoms with Gasteiger partial charge in [-0.3, -0.25) is 13.9 Å². The van der Waals surface area contributed by atoms with Gasteiger partial charge in [-0.15, -0.1) is 0 Å². The molecular weight excluding hydrogens is 448 g/mol. The molecule has 184 valence electrons. The second-order valence-electron chi connectivity index (χ2n) is 9.62. The number of aromatic nitrogens is 4. The normalized spacial score (nSPS) is 18.8. The van der Waals surface area contributed by atoms with Crippen LogP contribution in [-0.2, 0) is 7.05 Å². The fourth-order valence-electron chi connectivity index (χ4n) is 5.47. The van der Waals surface area contributed by atoms with E-state index in [9.17, 15) is 9.59 Å². The molecule has 35 heavy (non-hydrogen) atoms. The first kappa shape index (κ1) is 21.9. The van der Waals surface area contributed by atoms with Gasteiger partial charge in [0, 0.05) is 37.8 Å². The highest BCUT2D eigenvalue weighted by atomic mass is 16.6. The summed E-state index contributed by atoms with van der Waals surface area (Å²) in [6.07, 6.45) is 7.64. The average Bonchev–Trinajstić information content (AvgIpc) is 3.50. The molecule has 0 atom stereocenters. The van der Waals surface area contributed by atoms with Crippen LogP contribution in [0.4, 0.5) is 5.95 Å². The molecule has 3 aliphatic rings. The summed E-state index contributed by atoms with van der Waals surface area (Å²) in [4.78, 5) is 37.0. The maximum absolute atomic E-state index is 13.0. The highest BCUT2D eigenvalue weighted by molar-refractivity contribution is 5.95. The molecule has 1 aliphatic carbocycles. The lowest BCUT2D eigenvalue weighted by Gasteiger charge is -2.32. The van der Waals surface area contributed by atoms with E-state index in [0.717, 1.165) is 44.0 Å². The molecule has 1 aromatic carbocycles. The fourth-order valence-corrected chi connectivity index (χ4v) is 5.47. The number of nitrogens with one attached hydrogen (secondary N) is 1. The van der Waals surface area contributed by atoms with Crippen molar-refractivity contribution in [3.63, 3.8) is 0 Å². The summed E-state index contributed by atoms with van der Waals surface area (Å²) in [5.74, 6) is 1.85. The Morgan fingerprint density at radius 1 is 1.06 bits per heavy atom. The molecule has 10 heteroatoms. The zero-order valence-corrected chi connectivity index (χ0v) is 19.9. The van der Waals surface area contributed by atoms with E-state index in [1.165, 1.54) is 0 Å². The predicted molar refractivity (Wildman–Crippen MR) is 130 cm³/mol. The van der Waals surface area contributed by atoms with Gasteiger partial charge in [-0.05, 0) is 43.9 Å². The molecular formula is C25H30N6O4. The first-order chi connectivity index (χ1) is 17.1. The van der Waals surface area contributed by atoms with E-state index >= 15 is 0 Å². The lowest BCUT2D eigenvalue weighted by molar-refractivity contribution is 0.0717. The largest absolute Gasteiger partial charge is 0.486 e. The first-order valence-electron chi connectivity index (χ1n) is 12.5. The molecule has 0 spiro atoms. The maximum Gasteiger partial charge on any atom is 0.330 e. The van der Waals surface area contributed by atoms with E-state index in [1.54, 1.807) is 36.0 Å². The van der Waals surface area contributed by atoms with E-state index in [1.807, 2.05) is 9.47 Å². The summed E-state index contributed by atoms with van der Waals surface area (Å²) < 4.78 is 14.7. The lowest BCUT2D eigenvalue weighted by Crippen LogP contribution is -2.42. The molecule has 0 radical (unpaired) electrons. The highest BCUT2D eigenvalue weighted by Crippen LogP contribution is 2.32. The number of hydrogen-bond acceptors (Lipinski definition) is 7. The lowest BCUT2D eigenvalue weighted by atomic mass is 10.0. The van der Waals surface area contributed by atoms with Crippen molar-refractivity contribution in [1.82, 2.24) is 24.0 Å². The Morgan fingerprint density at radius 3 is 2.57 bits per heavy atom. The molecule has 1 N–H and O–H groups in total. The summed E-state index contributed by atoms with van der Waals surface area (Å²) in [5.41, 5.74) is 2.05. The number of nitrogens with zero attached hydrogens (tertiary/aromatic N) is 5. The van der Waals surface area contributed by atoms with Gasteiger partial charge in [0.15, 0.2) is 17.1 Å². The van der Waals surface area contributed by atoms with Gasteiger partial charge in [0.2, 0.25) is 5.95 Å². The zero-order chi connectivity index (χ0) is 23.9. The Kier molecular flexibility index (Phi) is 5.58. The van der Waals surface area contributed by atoms with Gasteiger partial charge in [0.05, 0.1) is 6.20 Å². The third-order valence-electron chi connectivity index (χ3n) is 7.43. The van der Waals surface area contributed by atoms with Crippen LogP contribution >= 0.6 is 0 Å². The molecule has 0 bridgehead atoms. The van der Waals surface area contributed by atoms with E-state index in [-0.39, 0.29) is 23.7 Å². The van der Waals surface area contributed by atoms with Crippen LogP contribution in [0.1, 0.15) is 54.9 Å². The van der Waals surface area contributed by atoms with E-state index in [2.05, 4.69) is 10.3 Å². The Morgan fingerprint density at radius 2 is 1.80 bits per heavy atom. The van der Waals surface area contributed by atoms with Crippen LogP contribution in [0.25, 0.3) is 11.2 Å². The summed E-state index contributed by atoms with van der Waals surface area (Å²) in [6, 6.07) is 5.75. The predicted octanol–water partition coefficient (Wildman–Crippen LogP) is 2.73. The van der Waals surface area contributed by atoms with Gasteiger partial charge in [0.25, 0.3) is 5.91 Å². The zero-order valence-electron chi connectivity index (χ0n) is 19.9. The number of ether oxygens (including phenoxy) is 2. The van der Waals surface area contributed by atoms with Crippen molar-refractivity contribution in [2.45, 2.75) is 50.6 Å². The molecule has 2 aliphatic heterocycles. The number of imidazole rings is 1. The van der Waals surface area contributed by atoms with Crippen LogP contribution in [-0.4, -0.2) is 62.3 Å². The molecule has 6 rings (SSSR count). The molecule has 2 aromatic heterocycles. The number of fused-ring (bicyclic) bond motifs is 2. The number of benzene rings is 1. The minimum atomic E-state index is -0.0238. The van der Waals surface area contributed by atoms with Crippen LogP contribution in [0.2, 0.25) is 0 Å². The number of hydrogen-bond donors (Lipinski definition) is 1. The number of rotatable bonds is 4. The van der Waals surface area contributed by atoms with Gasteiger partial charge in [-0.1, -0.05) is 12.8 Å². The first-order valence-corrected chi connectivity index (χ1v) is 12.5. The van der Waals surface area contributed by atoms with Crippen molar-refractivity contribution in [3.8, 4) is 11.5 Å². The Bertz CT molecular complexity index is 1320. The number of likely N-dealkylation sites (tertiary alicyclic amines) is 1. The number of carbonyl (C=O) groups excluding carboxylic acids is 1. The molecule has 1 saturated heterocycles. The minimum absolute atomic E-state index is 0.00274. The fraction of sp³-hybridized carbons (Fsp3) is 0.520. The van der Waals surface area contributed by atoms with Crippen LogP contribution < -0.4 is 20.5 Å². The van der Waals surface area contributed by atoms with Crippen molar-refractivity contribution in [2.75, 3.05) is 31.6 Å². The topological polar surface area (TPSA) is 104 Å². The monoisotopic (exact) mass is 478 g/mol. The molecule has 4 heterocycles. The second kappa shape index (κ2) is 8.90. The number of aryl methyl sites for hydroxylation is 1. The van der Waals surface area contributed by atoms with Crippen molar-refractivity contribution in [1.29, 1.82) is 0 Å². The summed E-state index contributed by atoms with van der Waals surface area (Å²) in [7, 11) is 1.78. The number of carbonyl (C=O) groups is 1. The molecule has 3 aromatic rings. The van der Waals surface area contributed by atoms with Crippen LogP contribution in [0.5, 0.6) is 11.5 Å².